The fourth-order valence-corrected chi connectivity index (χ4v) is 8.02. The molecule has 3 saturated heterocycles. The highest BCUT2D eigenvalue weighted by atomic mass is 19.4. The number of nitriles is 1. The lowest BCUT2D eigenvalue weighted by atomic mass is 9.89. The van der Waals surface area contributed by atoms with E-state index >= 15 is 4.39 Å². The van der Waals surface area contributed by atoms with Gasteiger partial charge in [-0.25, -0.2) is 4.39 Å². The Morgan fingerprint density at radius 3 is 2.30 bits per heavy atom. The monoisotopic (exact) mass is 746 g/mol. The number of alkyl halides is 3. The van der Waals surface area contributed by atoms with E-state index in [-0.39, 0.29) is 42.6 Å². The molecule has 3 aromatic rings. The van der Waals surface area contributed by atoms with Gasteiger partial charge >= 0.3 is 6.18 Å². The maximum Gasteiger partial charge on any atom is 0.417 e. The Morgan fingerprint density at radius 2 is 1.61 bits per heavy atom. The molecule has 14 heteroatoms. The Hall–Kier alpha value is -5.16. The summed E-state index contributed by atoms with van der Waals surface area (Å²) in [6, 6.07) is 15.9. The number of rotatable bonds is 10. The molecular weight excluding hydrogens is 704 g/mol. The predicted octanol–water partition coefficient (Wildman–Crippen LogP) is 5.84. The van der Waals surface area contributed by atoms with Crippen molar-refractivity contribution in [3.05, 3.63) is 88.2 Å². The van der Waals surface area contributed by atoms with Gasteiger partial charge in [0.05, 0.1) is 29.5 Å². The molecule has 0 spiro atoms. The van der Waals surface area contributed by atoms with Crippen molar-refractivity contribution in [1.82, 2.24) is 15.1 Å². The molecule has 4 aliphatic rings. The van der Waals surface area contributed by atoms with Crippen molar-refractivity contribution in [2.24, 2.45) is 0 Å². The second kappa shape index (κ2) is 15.7. The number of nitrogens with zero attached hydrogens (tertiary/aromatic N) is 5. The van der Waals surface area contributed by atoms with E-state index in [1.807, 2.05) is 21.9 Å². The number of carbonyl (C=O) groups is 3. The molecule has 3 amide bonds. The van der Waals surface area contributed by atoms with Crippen molar-refractivity contribution in [3.8, 4) is 11.8 Å². The first-order valence-electron chi connectivity index (χ1n) is 18.5. The summed E-state index contributed by atoms with van der Waals surface area (Å²) in [4.78, 5) is 44.8. The number of ether oxygens (including phenoxy) is 1. The van der Waals surface area contributed by atoms with Crippen LogP contribution < -0.4 is 19.9 Å². The van der Waals surface area contributed by atoms with Crippen LogP contribution in [0.15, 0.2) is 54.6 Å². The largest absolute Gasteiger partial charge is 0.494 e. The maximum atomic E-state index is 15.3. The molecule has 0 radical (unpaired) electrons. The summed E-state index contributed by atoms with van der Waals surface area (Å²) in [7, 11) is 0. The van der Waals surface area contributed by atoms with E-state index < -0.39 is 23.7 Å². The summed E-state index contributed by atoms with van der Waals surface area (Å²) in [6.45, 7) is 5.62. The molecule has 0 bridgehead atoms. The number of hydrogen-bond acceptors (Lipinski definition) is 8. The highest BCUT2D eigenvalue weighted by molar-refractivity contribution is 6.05. The number of imide groups is 1. The summed E-state index contributed by atoms with van der Waals surface area (Å²) < 4.78 is 61.6. The molecule has 0 aromatic heterocycles. The van der Waals surface area contributed by atoms with Crippen LogP contribution in [-0.2, 0) is 22.3 Å². The first-order chi connectivity index (χ1) is 26.0. The standard InChI is InChI=1S/C40H42F4N6O4/c41-34-21-29-25-50(35-9-10-37(51)46-38(35)52)39(53)32(29)23-36(34)49-18-16-47(17-19-49)13-1-2-20-54-31-7-4-26(5-8-31)27-11-14-48(15-12-27)30-6-3-28(24-45)33(22-30)40(42,43)44/h3-8,21-23,27,35H,1-2,9-20,25H2,(H,46,51,52). The number of piperidine rings is 2. The smallest absolute Gasteiger partial charge is 0.417 e. The van der Waals surface area contributed by atoms with Gasteiger partial charge < -0.3 is 19.4 Å². The van der Waals surface area contributed by atoms with Crippen LogP contribution in [0, 0.1) is 17.1 Å². The molecule has 7 rings (SSSR count). The highest BCUT2D eigenvalue weighted by Crippen LogP contribution is 2.37. The zero-order chi connectivity index (χ0) is 38.0. The molecule has 0 saturated carbocycles. The van der Waals surface area contributed by atoms with Gasteiger partial charge in [0.1, 0.15) is 17.6 Å². The van der Waals surface area contributed by atoms with Crippen LogP contribution in [0.1, 0.15) is 77.1 Å². The van der Waals surface area contributed by atoms with Gasteiger partial charge in [-0.2, -0.15) is 18.4 Å². The SMILES string of the molecule is N#Cc1ccc(N2CCC(c3ccc(OCCCCN4CCN(c5cc6c(cc5F)CN(C5CCC(=O)NC5=O)C6=O)CC4)cc3)CC2)cc1C(F)(F)F. The summed E-state index contributed by atoms with van der Waals surface area (Å²) >= 11 is 0. The second-order valence-electron chi connectivity index (χ2n) is 14.4. The van der Waals surface area contributed by atoms with Crippen molar-refractivity contribution in [1.29, 1.82) is 5.26 Å². The molecule has 1 N–H and O–H groups in total. The number of benzene rings is 3. The number of hydrogen-bond donors (Lipinski definition) is 1. The van der Waals surface area contributed by atoms with E-state index in [2.05, 4.69) is 22.3 Å². The Bertz CT molecular complexity index is 1930. The van der Waals surface area contributed by atoms with Crippen LogP contribution in [-0.4, -0.2) is 86.0 Å². The van der Waals surface area contributed by atoms with Crippen LogP contribution in [0.3, 0.4) is 0 Å². The highest BCUT2D eigenvalue weighted by Gasteiger charge is 2.40. The summed E-state index contributed by atoms with van der Waals surface area (Å²) in [5.74, 6) is -0.451. The number of nitrogens with one attached hydrogen (secondary N) is 1. The van der Waals surface area contributed by atoms with Gasteiger partial charge in [0.15, 0.2) is 0 Å². The molecule has 4 aliphatic heterocycles. The molecule has 1 unspecified atom stereocenters. The lowest BCUT2D eigenvalue weighted by Gasteiger charge is -2.36. The Morgan fingerprint density at radius 1 is 0.870 bits per heavy atom. The zero-order valence-electron chi connectivity index (χ0n) is 29.8. The molecular formula is C40H42F4N6O4. The first kappa shape index (κ1) is 37.2. The minimum absolute atomic E-state index is 0.144. The predicted molar refractivity (Wildman–Crippen MR) is 193 cm³/mol. The van der Waals surface area contributed by atoms with E-state index in [4.69, 9.17) is 10.00 Å². The zero-order valence-corrected chi connectivity index (χ0v) is 29.8. The Labute approximate surface area is 311 Å². The third kappa shape index (κ3) is 8.01. The molecule has 1 atom stereocenters. The lowest BCUT2D eigenvalue weighted by Crippen LogP contribution is -2.52. The first-order valence-corrected chi connectivity index (χ1v) is 18.5. The number of anilines is 2. The van der Waals surface area contributed by atoms with Gasteiger partial charge in [0.25, 0.3) is 5.91 Å². The average molecular weight is 747 g/mol. The molecule has 0 aliphatic carbocycles. The molecule has 54 heavy (non-hydrogen) atoms. The summed E-state index contributed by atoms with van der Waals surface area (Å²) in [5.41, 5.74) is 1.75. The molecule has 3 aromatic carbocycles. The van der Waals surface area contributed by atoms with Crippen molar-refractivity contribution in [3.63, 3.8) is 0 Å². The number of unbranched alkanes of at least 4 members (excludes halogenated alkanes) is 1. The minimum atomic E-state index is -4.58. The van der Waals surface area contributed by atoms with Crippen LogP contribution in [0.25, 0.3) is 0 Å². The van der Waals surface area contributed by atoms with Crippen molar-refractivity contribution < 1.29 is 36.7 Å². The van der Waals surface area contributed by atoms with Crippen molar-refractivity contribution in [2.45, 2.75) is 63.2 Å². The van der Waals surface area contributed by atoms with E-state index in [0.717, 1.165) is 57.1 Å². The average Bonchev–Trinajstić information content (AvgIpc) is 3.48. The fraction of sp³-hybridized carbons (Fsp3) is 0.450. The quantitative estimate of drug-likeness (QED) is 0.157. The summed E-state index contributed by atoms with van der Waals surface area (Å²) in [5, 5.41) is 11.4. The van der Waals surface area contributed by atoms with Crippen LogP contribution in [0.2, 0.25) is 0 Å². The van der Waals surface area contributed by atoms with Gasteiger partial charge in [-0.05, 0) is 98.2 Å². The molecule has 4 heterocycles. The Kier molecular flexibility index (Phi) is 10.8. The Balaban J connectivity index is 0.814. The van der Waals surface area contributed by atoms with Crippen molar-refractivity contribution >= 4 is 29.1 Å². The molecule has 10 nitrogen and oxygen atoms in total. The van der Waals surface area contributed by atoms with Gasteiger partial charge in [-0.3, -0.25) is 24.6 Å². The van der Waals surface area contributed by atoms with Gasteiger partial charge in [0.2, 0.25) is 11.8 Å². The number of amides is 3. The minimum Gasteiger partial charge on any atom is -0.494 e. The number of fused-ring (bicyclic) bond motifs is 1. The third-order valence-corrected chi connectivity index (χ3v) is 11.1. The number of piperazine rings is 1. The maximum absolute atomic E-state index is 15.3. The molecule has 284 valence electrons. The lowest BCUT2D eigenvalue weighted by molar-refractivity contribution is -0.138. The van der Waals surface area contributed by atoms with Crippen LogP contribution >= 0.6 is 0 Å². The van der Waals surface area contributed by atoms with Gasteiger partial charge in [-0.1, -0.05) is 12.1 Å². The van der Waals surface area contributed by atoms with Gasteiger partial charge in [-0.15, -0.1) is 0 Å². The molecule has 3 fully saturated rings. The second-order valence-corrected chi connectivity index (χ2v) is 14.4. The van der Waals surface area contributed by atoms with E-state index in [9.17, 15) is 27.6 Å². The number of carbonyl (C=O) groups excluding carboxylic acids is 3. The van der Waals surface area contributed by atoms with Crippen LogP contribution in [0.5, 0.6) is 5.75 Å². The topological polar surface area (TPSA) is 109 Å². The van der Waals surface area contributed by atoms with Crippen molar-refractivity contribution in [2.75, 3.05) is 62.2 Å². The van der Waals surface area contributed by atoms with Crippen LogP contribution in [0.4, 0.5) is 28.9 Å². The normalized spacial score (nSPS) is 19.9. The van der Waals surface area contributed by atoms with E-state index in [0.29, 0.717) is 61.2 Å². The third-order valence-electron chi connectivity index (χ3n) is 11.1. The van der Waals surface area contributed by atoms with E-state index in [1.54, 1.807) is 18.2 Å². The van der Waals surface area contributed by atoms with Gasteiger partial charge in [0, 0.05) is 63.5 Å². The summed E-state index contributed by atoms with van der Waals surface area (Å²) in [6.07, 6.45) is -0.719. The number of halogens is 4. The fourth-order valence-electron chi connectivity index (χ4n) is 8.02. The van der Waals surface area contributed by atoms with E-state index in [1.165, 1.54) is 22.6 Å².